The maximum atomic E-state index is 13.8. The molecule has 1 atom stereocenters. The van der Waals surface area contributed by atoms with Crippen molar-refractivity contribution in [3.8, 4) is 5.75 Å². The lowest BCUT2D eigenvalue weighted by molar-refractivity contribution is -0.139. The Morgan fingerprint density at radius 2 is 1.88 bits per heavy atom. The number of hydrogen-bond acceptors (Lipinski definition) is 6. The van der Waals surface area contributed by atoms with Crippen LogP contribution < -0.4 is 15.0 Å². The highest BCUT2D eigenvalue weighted by atomic mass is 35.5. The molecule has 0 saturated carbocycles. The molecule has 2 heterocycles. The molecule has 0 aromatic heterocycles. The quantitative estimate of drug-likeness (QED) is 0.704. The zero-order valence-electron chi connectivity index (χ0n) is 17.1. The second-order valence-electron chi connectivity index (χ2n) is 7.04. The molecule has 32 heavy (non-hydrogen) atoms. The van der Waals surface area contributed by atoms with Gasteiger partial charge in [-0.15, -0.1) is 5.10 Å². The smallest absolute Gasteiger partial charge is 0.270 e. The zero-order valence-corrected chi connectivity index (χ0v) is 19.4. The number of amides is 3. The minimum atomic E-state index is -1.54. The SMILES string of the molecule is CC(=O)NC1=NN(C(C)=O)[C@@]2(S1)C(=O)N(CCOc1ccccc1)c1c2ccc(Cl)c1Cl. The Bertz CT molecular complexity index is 1140. The van der Waals surface area contributed by atoms with Crippen molar-refractivity contribution in [3.63, 3.8) is 0 Å². The van der Waals surface area contributed by atoms with Crippen LogP contribution >= 0.6 is 35.0 Å². The van der Waals surface area contributed by atoms with Crippen LogP contribution in [0.25, 0.3) is 0 Å². The number of anilines is 1. The predicted octanol–water partition coefficient (Wildman–Crippen LogP) is 3.57. The maximum absolute atomic E-state index is 13.8. The number of thioether (sulfide) groups is 1. The Morgan fingerprint density at radius 1 is 1.16 bits per heavy atom. The fourth-order valence-corrected chi connectivity index (χ4v) is 5.37. The van der Waals surface area contributed by atoms with E-state index >= 15 is 0 Å². The Hall–Kier alpha value is -2.75. The van der Waals surface area contributed by atoms with Gasteiger partial charge in [-0.05, 0) is 30.0 Å². The van der Waals surface area contributed by atoms with E-state index < -0.39 is 16.7 Å². The minimum Gasteiger partial charge on any atom is -0.492 e. The summed E-state index contributed by atoms with van der Waals surface area (Å²) in [5, 5.41) is 8.43. The Kier molecular flexibility index (Phi) is 6.07. The van der Waals surface area contributed by atoms with Gasteiger partial charge in [-0.1, -0.05) is 47.5 Å². The number of hydrazone groups is 1. The molecule has 0 bridgehead atoms. The summed E-state index contributed by atoms with van der Waals surface area (Å²) in [4.78, 5) is 37.8. The number of rotatable bonds is 4. The number of carbonyl (C=O) groups is 3. The van der Waals surface area contributed by atoms with E-state index in [9.17, 15) is 14.4 Å². The van der Waals surface area contributed by atoms with Crippen LogP contribution in [0.15, 0.2) is 47.6 Å². The third kappa shape index (κ3) is 3.70. The van der Waals surface area contributed by atoms with Gasteiger partial charge in [-0.25, -0.2) is 0 Å². The van der Waals surface area contributed by atoms with Crippen LogP contribution in [-0.4, -0.2) is 41.0 Å². The second kappa shape index (κ2) is 8.65. The average molecular weight is 493 g/mol. The molecule has 0 unspecified atom stereocenters. The standard InChI is InChI=1S/C21H18Cl2N4O4S/c1-12(28)24-20-25-27(13(2)29)21(32-20)15-8-9-16(22)17(23)18(15)26(19(21)30)10-11-31-14-6-4-3-5-7-14/h3-9H,10-11H2,1-2H3,(H,24,25,28)/t21-/m0/s1. The molecule has 2 aromatic rings. The van der Waals surface area contributed by atoms with E-state index in [2.05, 4.69) is 10.4 Å². The second-order valence-corrected chi connectivity index (χ2v) is 9.01. The summed E-state index contributed by atoms with van der Waals surface area (Å²) in [5.74, 6) is -0.615. The van der Waals surface area contributed by atoms with E-state index in [4.69, 9.17) is 27.9 Å². The van der Waals surface area contributed by atoms with E-state index in [1.807, 2.05) is 30.3 Å². The van der Waals surface area contributed by atoms with Crippen molar-refractivity contribution in [1.29, 1.82) is 0 Å². The van der Waals surface area contributed by atoms with Gasteiger partial charge in [0.15, 0.2) is 5.17 Å². The summed E-state index contributed by atoms with van der Waals surface area (Å²) in [5.41, 5.74) is 0.847. The first-order valence-electron chi connectivity index (χ1n) is 9.60. The van der Waals surface area contributed by atoms with Gasteiger partial charge in [0.2, 0.25) is 16.7 Å². The lowest BCUT2D eigenvalue weighted by Gasteiger charge is -2.29. The Balaban J connectivity index is 1.72. The molecule has 2 aromatic carbocycles. The third-order valence-corrected chi connectivity index (χ3v) is 6.91. The molecule has 3 amide bonds. The molecule has 2 aliphatic rings. The molecule has 1 N–H and O–H groups in total. The van der Waals surface area contributed by atoms with Gasteiger partial charge in [0.25, 0.3) is 5.91 Å². The monoisotopic (exact) mass is 492 g/mol. The highest BCUT2D eigenvalue weighted by Gasteiger charge is 2.61. The minimum absolute atomic E-state index is 0.139. The van der Waals surface area contributed by atoms with Crippen molar-refractivity contribution < 1.29 is 19.1 Å². The number of benzene rings is 2. The van der Waals surface area contributed by atoms with Gasteiger partial charge in [-0.2, -0.15) is 5.01 Å². The molecular formula is C21H18Cl2N4O4S. The third-order valence-electron chi connectivity index (χ3n) is 4.88. The number of ether oxygens (including phenoxy) is 1. The van der Waals surface area contributed by atoms with Gasteiger partial charge in [-0.3, -0.25) is 14.4 Å². The van der Waals surface area contributed by atoms with Gasteiger partial charge in [0.05, 0.1) is 22.3 Å². The number of amidine groups is 1. The van der Waals surface area contributed by atoms with Crippen molar-refractivity contribution >= 4 is 63.5 Å². The molecule has 0 fully saturated rings. The fourth-order valence-electron chi connectivity index (χ4n) is 3.62. The summed E-state index contributed by atoms with van der Waals surface area (Å²) in [6.07, 6.45) is 0. The normalized spacial score (nSPS) is 19.2. The first-order valence-corrected chi connectivity index (χ1v) is 11.2. The predicted molar refractivity (Wildman–Crippen MR) is 124 cm³/mol. The molecule has 2 aliphatic heterocycles. The van der Waals surface area contributed by atoms with E-state index in [-0.39, 0.29) is 34.3 Å². The fraction of sp³-hybridized carbons (Fsp3) is 0.238. The summed E-state index contributed by atoms with van der Waals surface area (Å²) >= 11 is 13.7. The van der Waals surface area contributed by atoms with E-state index in [0.29, 0.717) is 17.0 Å². The number of nitrogens with zero attached hydrogens (tertiary/aromatic N) is 3. The highest BCUT2D eigenvalue weighted by Crippen LogP contribution is 2.57. The van der Waals surface area contributed by atoms with Gasteiger partial charge in [0.1, 0.15) is 12.4 Å². The molecule has 4 rings (SSSR count). The van der Waals surface area contributed by atoms with Crippen LogP contribution in [0, 0.1) is 0 Å². The number of hydrogen-bond donors (Lipinski definition) is 1. The molecule has 11 heteroatoms. The molecule has 166 valence electrons. The number of fused-ring (bicyclic) bond motifs is 2. The van der Waals surface area contributed by atoms with E-state index in [1.54, 1.807) is 12.1 Å². The molecule has 0 saturated heterocycles. The number of nitrogens with one attached hydrogen (secondary N) is 1. The first-order chi connectivity index (χ1) is 15.3. The van der Waals surface area contributed by atoms with Crippen LogP contribution in [0.2, 0.25) is 10.0 Å². The zero-order chi connectivity index (χ0) is 23.0. The first kappa shape index (κ1) is 22.4. The summed E-state index contributed by atoms with van der Waals surface area (Å²) in [7, 11) is 0. The van der Waals surface area contributed by atoms with Gasteiger partial charge >= 0.3 is 0 Å². The largest absolute Gasteiger partial charge is 0.492 e. The van der Waals surface area contributed by atoms with Crippen LogP contribution in [-0.2, 0) is 19.3 Å². The van der Waals surface area contributed by atoms with Crippen LogP contribution in [0.5, 0.6) is 5.75 Å². The molecule has 0 radical (unpaired) electrons. The summed E-state index contributed by atoms with van der Waals surface area (Å²) in [6, 6.07) is 12.4. The lowest BCUT2D eigenvalue weighted by Crippen LogP contribution is -2.49. The Labute approximate surface area is 198 Å². The van der Waals surface area contributed by atoms with Crippen LogP contribution in [0.4, 0.5) is 5.69 Å². The van der Waals surface area contributed by atoms with Crippen molar-refractivity contribution in [2.24, 2.45) is 5.10 Å². The highest BCUT2D eigenvalue weighted by molar-refractivity contribution is 8.15. The van der Waals surface area contributed by atoms with Gasteiger partial charge in [0, 0.05) is 19.4 Å². The molecule has 1 spiro atoms. The van der Waals surface area contributed by atoms with Crippen LogP contribution in [0.3, 0.4) is 0 Å². The Morgan fingerprint density at radius 3 is 2.53 bits per heavy atom. The van der Waals surface area contributed by atoms with E-state index in [1.165, 1.54) is 18.7 Å². The van der Waals surface area contributed by atoms with E-state index in [0.717, 1.165) is 16.8 Å². The van der Waals surface area contributed by atoms with Gasteiger partial charge < -0.3 is 15.0 Å². The van der Waals surface area contributed by atoms with Crippen molar-refractivity contribution in [2.45, 2.75) is 18.7 Å². The number of halogens is 2. The number of carbonyl (C=O) groups excluding carboxylic acids is 3. The summed E-state index contributed by atoms with van der Waals surface area (Å²) < 4.78 is 5.76. The topological polar surface area (TPSA) is 91.3 Å². The van der Waals surface area contributed by atoms with Crippen LogP contribution in [0.1, 0.15) is 19.4 Å². The van der Waals surface area contributed by atoms with Crippen molar-refractivity contribution in [2.75, 3.05) is 18.1 Å². The average Bonchev–Trinajstić information content (AvgIpc) is 3.23. The summed E-state index contributed by atoms with van der Waals surface area (Å²) in [6.45, 7) is 2.96. The molecule has 0 aliphatic carbocycles. The molecule has 8 nitrogen and oxygen atoms in total. The lowest BCUT2D eigenvalue weighted by atomic mass is 10.1. The van der Waals surface area contributed by atoms with Crippen molar-refractivity contribution in [1.82, 2.24) is 10.3 Å². The van der Waals surface area contributed by atoms with Crippen molar-refractivity contribution in [3.05, 3.63) is 58.1 Å². The maximum Gasteiger partial charge on any atom is 0.270 e. The molecular weight excluding hydrogens is 475 g/mol. The number of para-hydroxylation sites is 1.